The van der Waals surface area contributed by atoms with Crippen LogP contribution in [0.1, 0.15) is 51.7 Å². The number of ether oxygens (including phenoxy) is 1. The first kappa shape index (κ1) is 25.7. The van der Waals surface area contributed by atoms with Crippen molar-refractivity contribution in [3.63, 3.8) is 0 Å². The van der Waals surface area contributed by atoms with Crippen molar-refractivity contribution >= 4 is 22.6 Å². The number of fused-ring (bicyclic) bond motifs is 1. The zero-order valence-electron chi connectivity index (χ0n) is 22.0. The van der Waals surface area contributed by atoms with Crippen molar-refractivity contribution in [1.29, 1.82) is 0 Å². The monoisotopic (exact) mass is 483 g/mol. The molecule has 2 N–H and O–H groups in total. The highest BCUT2D eigenvalue weighted by molar-refractivity contribution is 5.87. The second-order valence-electron chi connectivity index (χ2n) is 11.0. The number of nitrogens with one attached hydrogen (secondary N) is 2. The number of aryl methyl sites for hydroxylation is 1. The number of pyridine rings is 1. The molecule has 4 rings (SSSR count). The van der Waals surface area contributed by atoms with Crippen molar-refractivity contribution in [2.75, 3.05) is 11.9 Å². The SMILES string of the molecule is C#C[C@H]1C[C@@H](NC(=O)[C@H](C)Cc2cc3cc(-c4ccccc4C)ccc3nc2NC(C)(C)C)CCO1. The van der Waals surface area contributed by atoms with Gasteiger partial charge in [0.15, 0.2) is 0 Å². The Morgan fingerprint density at radius 3 is 2.72 bits per heavy atom. The molecule has 36 heavy (non-hydrogen) atoms. The van der Waals surface area contributed by atoms with E-state index in [1.165, 1.54) is 16.7 Å². The van der Waals surface area contributed by atoms with Gasteiger partial charge in [0.25, 0.3) is 0 Å². The molecule has 0 aliphatic carbocycles. The van der Waals surface area contributed by atoms with Crippen molar-refractivity contribution < 1.29 is 9.53 Å². The molecule has 1 saturated heterocycles. The Bertz CT molecular complexity index is 1290. The predicted octanol–water partition coefficient (Wildman–Crippen LogP) is 5.90. The number of carbonyl (C=O) groups excluding carboxylic acids is 1. The van der Waals surface area contributed by atoms with E-state index in [0.29, 0.717) is 19.4 Å². The molecule has 5 heteroatoms. The molecule has 0 bridgehead atoms. The smallest absolute Gasteiger partial charge is 0.223 e. The maximum Gasteiger partial charge on any atom is 0.223 e. The van der Waals surface area contributed by atoms with Crippen LogP contribution in [0, 0.1) is 25.2 Å². The van der Waals surface area contributed by atoms with Gasteiger partial charge in [-0.15, -0.1) is 6.42 Å². The number of benzene rings is 2. The minimum absolute atomic E-state index is 0.0353. The summed E-state index contributed by atoms with van der Waals surface area (Å²) in [7, 11) is 0. The van der Waals surface area contributed by atoms with E-state index in [2.05, 4.69) is 92.8 Å². The molecule has 1 aliphatic rings. The Morgan fingerprint density at radius 1 is 1.22 bits per heavy atom. The molecule has 2 aromatic carbocycles. The molecule has 0 spiro atoms. The molecule has 2 heterocycles. The van der Waals surface area contributed by atoms with Crippen LogP contribution in [-0.4, -0.2) is 35.2 Å². The highest BCUT2D eigenvalue weighted by Gasteiger charge is 2.25. The number of aromatic nitrogens is 1. The first-order chi connectivity index (χ1) is 17.1. The molecule has 3 atom stereocenters. The quantitative estimate of drug-likeness (QED) is 0.429. The second kappa shape index (κ2) is 10.7. The Morgan fingerprint density at radius 2 is 2.00 bits per heavy atom. The van der Waals surface area contributed by atoms with Gasteiger partial charge >= 0.3 is 0 Å². The number of hydrogen-bond donors (Lipinski definition) is 2. The third-order valence-electron chi connectivity index (χ3n) is 6.63. The summed E-state index contributed by atoms with van der Waals surface area (Å²) >= 11 is 0. The molecular weight excluding hydrogens is 446 g/mol. The van der Waals surface area contributed by atoms with Crippen molar-refractivity contribution in [3.05, 3.63) is 59.7 Å². The molecule has 0 radical (unpaired) electrons. The number of terminal acetylenes is 1. The van der Waals surface area contributed by atoms with Crippen molar-refractivity contribution in [3.8, 4) is 23.5 Å². The number of carbonyl (C=O) groups is 1. The van der Waals surface area contributed by atoms with Crippen LogP contribution in [0.2, 0.25) is 0 Å². The normalized spacial score (nSPS) is 18.9. The number of anilines is 1. The Balaban J connectivity index is 1.62. The van der Waals surface area contributed by atoms with E-state index in [-0.39, 0.29) is 29.5 Å². The molecule has 188 valence electrons. The largest absolute Gasteiger partial charge is 0.365 e. The van der Waals surface area contributed by atoms with Crippen LogP contribution >= 0.6 is 0 Å². The van der Waals surface area contributed by atoms with Crippen LogP contribution in [0.25, 0.3) is 22.0 Å². The lowest BCUT2D eigenvalue weighted by atomic mass is 9.95. The summed E-state index contributed by atoms with van der Waals surface area (Å²) in [6.45, 7) is 11.0. The van der Waals surface area contributed by atoms with Crippen molar-refractivity contribution in [1.82, 2.24) is 10.3 Å². The average molecular weight is 484 g/mol. The number of nitrogens with zero attached hydrogens (tertiary/aromatic N) is 1. The number of rotatable bonds is 6. The fourth-order valence-electron chi connectivity index (χ4n) is 4.71. The van der Waals surface area contributed by atoms with E-state index < -0.39 is 0 Å². The van der Waals surface area contributed by atoms with E-state index in [0.717, 1.165) is 28.7 Å². The summed E-state index contributed by atoms with van der Waals surface area (Å²) in [6.07, 6.45) is 7.33. The van der Waals surface area contributed by atoms with Crippen LogP contribution in [0.15, 0.2) is 48.5 Å². The summed E-state index contributed by atoms with van der Waals surface area (Å²) in [4.78, 5) is 18.1. The fourth-order valence-corrected chi connectivity index (χ4v) is 4.71. The Labute approximate surface area is 215 Å². The van der Waals surface area contributed by atoms with Crippen LogP contribution in [0.5, 0.6) is 0 Å². The zero-order valence-corrected chi connectivity index (χ0v) is 22.0. The molecule has 1 aliphatic heterocycles. The van der Waals surface area contributed by atoms with E-state index in [4.69, 9.17) is 16.1 Å². The third kappa shape index (κ3) is 6.25. The van der Waals surface area contributed by atoms with Gasteiger partial charge in [-0.3, -0.25) is 4.79 Å². The maximum absolute atomic E-state index is 13.1. The number of hydrogen-bond acceptors (Lipinski definition) is 4. The molecule has 3 aromatic rings. The van der Waals surface area contributed by atoms with Crippen LogP contribution in [0.4, 0.5) is 5.82 Å². The van der Waals surface area contributed by atoms with Gasteiger partial charge in [-0.25, -0.2) is 4.98 Å². The minimum atomic E-state index is -0.228. The van der Waals surface area contributed by atoms with E-state index in [1.54, 1.807) is 0 Å². The lowest BCUT2D eigenvalue weighted by molar-refractivity contribution is -0.126. The van der Waals surface area contributed by atoms with Crippen LogP contribution < -0.4 is 10.6 Å². The molecule has 0 saturated carbocycles. The lowest BCUT2D eigenvalue weighted by Crippen LogP contribution is -2.44. The van der Waals surface area contributed by atoms with E-state index in [9.17, 15) is 4.79 Å². The van der Waals surface area contributed by atoms with Crippen LogP contribution in [0.3, 0.4) is 0 Å². The summed E-state index contributed by atoms with van der Waals surface area (Å²) in [5.74, 6) is 3.31. The topological polar surface area (TPSA) is 63.2 Å². The van der Waals surface area contributed by atoms with Gasteiger partial charge in [0.1, 0.15) is 11.9 Å². The summed E-state index contributed by atoms with van der Waals surface area (Å²) in [5.41, 5.74) is 5.43. The standard InChI is InChI=1S/C31H37N3O2/c1-7-26-19-25(14-15-36-26)32-30(35)21(3)16-24-18-23-17-22(27-11-9-8-10-20(27)2)12-13-28(23)33-29(24)34-31(4,5)6/h1,8-13,17-18,21,25-26H,14-16,19H2,2-6H3,(H,32,35)(H,33,34)/t21-,25+,26+/m1/s1. The van der Waals surface area contributed by atoms with Gasteiger partial charge in [-0.2, -0.15) is 0 Å². The van der Waals surface area contributed by atoms with Crippen molar-refractivity contribution in [2.24, 2.45) is 5.92 Å². The van der Waals surface area contributed by atoms with E-state index in [1.807, 2.05) is 6.92 Å². The molecule has 1 aromatic heterocycles. The van der Waals surface area contributed by atoms with Gasteiger partial charge in [-0.1, -0.05) is 43.2 Å². The number of amides is 1. The highest BCUT2D eigenvalue weighted by atomic mass is 16.5. The van der Waals surface area contributed by atoms with Crippen LogP contribution in [-0.2, 0) is 16.0 Å². The molecular formula is C31H37N3O2. The first-order valence-electron chi connectivity index (χ1n) is 12.8. The Kier molecular flexibility index (Phi) is 7.66. The van der Waals surface area contributed by atoms with Gasteiger partial charge in [-0.05, 0) is 81.0 Å². The third-order valence-corrected chi connectivity index (χ3v) is 6.63. The predicted molar refractivity (Wildman–Crippen MR) is 148 cm³/mol. The highest BCUT2D eigenvalue weighted by Crippen LogP contribution is 2.30. The first-order valence-corrected chi connectivity index (χ1v) is 12.8. The second-order valence-corrected chi connectivity index (χ2v) is 11.0. The molecule has 0 unspecified atom stereocenters. The van der Waals surface area contributed by atoms with E-state index >= 15 is 0 Å². The zero-order chi connectivity index (χ0) is 25.9. The van der Waals surface area contributed by atoms with Gasteiger partial charge in [0.05, 0.1) is 12.1 Å². The van der Waals surface area contributed by atoms with Gasteiger partial charge in [0.2, 0.25) is 5.91 Å². The van der Waals surface area contributed by atoms with Gasteiger partial charge < -0.3 is 15.4 Å². The minimum Gasteiger partial charge on any atom is -0.365 e. The molecule has 1 amide bonds. The lowest BCUT2D eigenvalue weighted by Gasteiger charge is -2.28. The maximum atomic E-state index is 13.1. The summed E-state index contributed by atoms with van der Waals surface area (Å²) < 4.78 is 5.54. The van der Waals surface area contributed by atoms with Gasteiger partial charge in [0, 0.05) is 29.3 Å². The fraction of sp³-hybridized carbons (Fsp3) is 0.419. The summed E-state index contributed by atoms with van der Waals surface area (Å²) in [6, 6.07) is 17.0. The molecule has 1 fully saturated rings. The van der Waals surface area contributed by atoms with Crippen molar-refractivity contribution in [2.45, 2.75) is 71.6 Å². The summed E-state index contributed by atoms with van der Waals surface area (Å²) in [5, 5.41) is 7.81. The molecule has 5 nitrogen and oxygen atoms in total. The Hall–Kier alpha value is -3.36. The average Bonchev–Trinajstić information content (AvgIpc) is 2.83.